The largest absolute Gasteiger partial charge is 0.480 e. The SMILES string of the molecule is Cc1nc(N2CCCC2C(=O)O)c2cc(-c3ccccc3)sc2n1. The maximum absolute atomic E-state index is 11.6. The monoisotopic (exact) mass is 339 g/mol. The molecule has 0 aliphatic carbocycles. The Morgan fingerprint density at radius 2 is 2.08 bits per heavy atom. The number of hydrogen-bond acceptors (Lipinski definition) is 5. The van der Waals surface area contributed by atoms with Crippen LogP contribution in [0.25, 0.3) is 20.7 Å². The molecule has 1 saturated heterocycles. The first-order valence-electron chi connectivity index (χ1n) is 7.96. The van der Waals surface area contributed by atoms with Crippen molar-refractivity contribution in [3.05, 3.63) is 42.2 Å². The van der Waals surface area contributed by atoms with Crippen LogP contribution in [-0.4, -0.2) is 33.6 Å². The Labute approximate surface area is 143 Å². The lowest BCUT2D eigenvalue weighted by molar-refractivity contribution is -0.138. The van der Waals surface area contributed by atoms with Gasteiger partial charge in [0, 0.05) is 11.4 Å². The second-order valence-electron chi connectivity index (χ2n) is 5.98. The molecule has 1 aromatic carbocycles. The van der Waals surface area contributed by atoms with Gasteiger partial charge in [0.25, 0.3) is 0 Å². The lowest BCUT2D eigenvalue weighted by Crippen LogP contribution is -2.36. The summed E-state index contributed by atoms with van der Waals surface area (Å²) in [4.78, 5) is 24.6. The number of anilines is 1. The van der Waals surface area contributed by atoms with E-state index in [9.17, 15) is 9.90 Å². The van der Waals surface area contributed by atoms with Crippen LogP contribution in [0.3, 0.4) is 0 Å². The Kier molecular flexibility index (Phi) is 3.69. The van der Waals surface area contributed by atoms with Crippen molar-refractivity contribution in [1.29, 1.82) is 0 Å². The Bertz CT molecular complexity index is 907. The van der Waals surface area contributed by atoms with E-state index in [1.54, 1.807) is 11.3 Å². The van der Waals surface area contributed by atoms with Gasteiger partial charge in [0.1, 0.15) is 22.5 Å². The normalized spacial score (nSPS) is 17.5. The number of rotatable bonds is 3. The van der Waals surface area contributed by atoms with Crippen LogP contribution in [0.15, 0.2) is 36.4 Å². The van der Waals surface area contributed by atoms with Crippen molar-refractivity contribution < 1.29 is 9.90 Å². The molecule has 2 aromatic heterocycles. The third kappa shape index (κ3) is 2.53. The number of nitrogens with zero attached hydrogens (tertiary/aromatic N) is 3. The van der Waals surface area contributed by atoms with Crippen molar-refractivity contribution in [2.75, 3.05) is 11.4 Å². The third-order valence-electron chi connectivity index (χ3n) is 4.35. The highest BCUT2D eigenvalue weighted by Crippen LogP contribution is 2.38. The van der Waals surface area contributed by atoms with Gasteiger partial charge in [-0.05, 0) is 31.4 Å². The molecule has 0 spiro atoms. The minimum absolute atomic E-state index is 0.498. The van der Waals surface area contributed by atoms with Crippen molar-refractivity contribution in [2.24, 2.45) is 0 Å². The molecule has 1 aliphatic rings. The fourth-order valence-electron chi connectivity index (χ4n) is 3.25. The van der Waals surface area contributed by atoms with Crippen molar-refractivity contribution in [3.8, 4) is 10.4 Å². The van der Waals surface area contributed by atoms with Crippen LogP contribution in [0.2, 0.25) is 0 Å². The number of carbonyl (C=O) groups is 1. The van der Waals surface area contributed by atoms with E-state index in [1.165, 1.54) is 0 Å². The summed E-state index contributed by atoms with van der Waals surface area (Å²) < 4.78 is 0. The van der Waals surface area contributed by atoms with E-state index in [0.717, 1.165) is 39.4 Å². The second-order valence-corrected chi connectivity index (χ2v) is 7.01. The van der Waals surface area contributed by atoms with Gasteiger partial charge in [-0.3, -0.25) is 0 Å². The average Bonchev–Trinajstić information content (AvgIpc) is 3.21. The van der Waals surface area contributed by atoms with E-state index in [1.807, 2.05) is 30.0 Å². The van der Waals surface area contributed by atoms with Gasteiger partial charge in [0.2, 0.25) is 0 Å². The summed E-state index contributed by atoms with van der Waals surface area (Å²) in [5.41, 5.74) is 1.14. The number of carboxylic acid groups (broad SMARTS) is 1. The van der Waals surface area contributed by atoms with Gasteiger partial charge in [-0.1, -0.05) is 30.3 Å². The molecule has 24 heavy (non-hydrogen) atoms. The minimum Gasteiger partial charge on any atom is -0.480 e. The molecular formula is C18H17N3O2S. The summed E-state index contributed by atoms with van der Waals surface area (Å²) >= 11 is 1.62. The highest BCUT2D eigenvalue weighted by atomic mass is 32.1. The lowest BCUT2D eigenvalue weighted by Gasteiger charge is -2.23. The van der Waals surface area contributed by atoms with Crippen molar-refractivity contribution in [2.45, 2.75) is 25.8 Å². The number of aryl methyl sites for hydroxylation is 1. The van der Waals surface area contributed by atoms with E-state index in [2.05, 4.69) is 28.2 Å². The number of hydrogen-bond donors (Lipinski definition) is 1. The molecule has 0 radical (unpaired) electrons. The summed E-state index contributed by atoms with van der Waals surface area (Å²) in [6.45, 7) is 2.58. The number of aliphatic carboxylic acids is 1. The summed E-state index contributed by atoms with van der Waals surface area (Å²) in [7, 11) is 0. The fourth-order valence-corrected chi connectivity index (χ4v) is 4.33. The first-order valence-corrected chi connectivity index (χ1v) is 8.78. The molecule has 3 aromatic rings. The lowest BCUT2D eigenvalue weighted by atomic mass is 10.2. The van der Waals surface area contributed by atoms with Gasteiger partial charge >= 0.3 is 5.97 Å². The predicted octanol–water partition coefficient (Wildman–Crippen LogP) is 3.72. The maximum atomic E-state index is 11.6. The molecule has 5 nitrogen and oxygen atoms in total. The molecule has 1 aliphatic heterocycles. The van der Waals surface area contributed by atoms with Crippen LogP contribution >= 0.6 is 11.3 Å². The number of carboxylic acids is 1. The molecule has 0 saturated carbocycles. The maximum Gasteiger partial charge on any atom is 0.326 e. The van der Waals surface area contributed by atoms with Gasteiger partial charge in [-0.25, -0.2) is 14.8 Å². The third-order valence-corrected chi connectivity index (χ3v) is 5.43. The molecule has 122 valence electrons. The van der Waals surface area contributed by atoms with Crippen molar-refractivity contribution >= 4 is 33.3 Å². The van der Waals surface area contributed by atoms with Crippen LogP contribution < -0.4 is 4.90 Å². The van der Waals surface area contributed by atoms with Crippen LogP contribution in [0.1, 0.15) is 18.7 Å². The van der Waals surface area contributed by atoms with Crippen LogP contribution in [-0.2, 0) is 4.79 Å². The van der Waals surface area contributed by atoms with E-state index in [-0.39, 0.29) is 0 Å². The molecule has 0 bridgehead atoms. The van der Waals surface area contributed by atoms with Gasteiger partial charge in [-0.2, -0.15) is 0 Å². The Morgan fingerprint density at radius 3 is 2.83 bits per heavy atom. The standard InChI is InChI=1S/C18H17N3O2S/c1-11-19-16(21-9-5-8-14(21)18(22)23)13-10-15(24-17(13)20-11)12-6-3-2-4-7-12/h2-4,6-7,10,14H,5,8-9H2,1H3,(H,22,23). The average molecular weight is 339 g/mol. The number of thiophene rings is 1. The van der Waals surface area contributed by atoms with Crippen LogP contribution in [0, 0.1) is 6.92 Å². The zero-order valence-corrected chi connectivity index (χ0v) is 14.1. The molecular weight excluding hydrogens is 322 g/mol. The van der Waals surface area contributed by atoms with Crippen molar-refractivity contribution in [1.82, 2.24) is 9.97 Å². The number of fused-ring (bicyclic) bond motifs is 1. The Morgan fingerprint density at radius 1 is 1.29 bits per heavy atom. The minimum atomic E-state index is -0.782. The van der Waals surface area contributed by atoms with E-state index >= 15 is 0 Å². The second kappa shape index (κ2) is 5.87. The summed E-state index contributed by atoms with van der Waals surface area (Å²) in [6.07, 6.45) is 1.53. The number of aromatic nitrogens is 2. The Balaban J connectivity index is 1.86. The first-order chi connectivity index (χ1) is 11.6. The van der Waals surface area contributed by atoms with E-state index < -0.39 is 12.0 Å². The molecule has 3 heterocycles. The number of benzene rings is 1. The van der Waals surface area contributed by atoms with Crippen LogP contribution in [0.5, 0.6) is 0 Å². The topological polar surface area (TPSA) is 66.3 Å². The molecule has 1 unspecified atom stereocenters. The zero-order chi connectivity index (χ0) is 16.7. The zero-order valence-electron chi connectivity index (χ0n) is 13.3. The van der Waals surface area contributed by atoms with E-state index in [0.29, 0.717) is 12.2 Å². The quantitative estimate of drug-likeness (QED) is 0.788. The highest BCUT2D eigenvalue weighted by Gasteiger charge is 2.33. The summed E-state index contributed by atoms with van der Waals surface area (Å²) in [5, 5.41) is 10.4. The van der Waals surface area contributed by atoms with Gasteiger partial charge in [0.15, 0.2) is 0 Å². The summed E-state index contributed by atoms with van der Waals surface area (Å²) in [5.74, 6) is 0.645. The van der Waals surface area contributed by atoms with Gasteiger partial charge in [0.05, 0.1) is 5.39 Å². The molecule has 1 atom stereocenters. The molecule has 6 heteroatoms. The predicted molar refractivity (Wildman–Crippen MR) is 95.6 cm³/mol. The van der Waals surface area contributed by atoms with Gasteiger partial charge in [-0.15, -0.1) is 11.3 Å². The summed E-state index contributed by atoms with van der Waals surface area (Å²) in [6, 6.07) is 11.7. The van der Waals surface area contributed by atoms with E-state index in [4.69, 9.17) is 0 Å². The Hall–Kier alpha value is -2.47. The van der Waals surface area contributed by atoms with Crippen LogP contribution in [0.4, 0.5) is 5.82 Å². The molecule has 0 amide bonds. The smallest absolute Gasteiger partial charge is 0.326 e. The highest BCUT2D eigenvalue weighted by molar-refractivity contribution is 7.21. The molecule has 1 N–H and O–H groups in total. The fraction of sp³-hybridized carbons (Fsp3) is 0.278. The van der Waals surface area contributed by atoms with Gasteiger partial charge < -0.3 is 10.0 Å². The molecule has 1 fully saturated rings. The van der Waals surface area contributed by atoms with Crippen molar-refractivity contribution in [3.63, 3.8) is 0 Å². The molecule has 4 rings (SSSR count). The first kappa shape index (κ1) is 15.1.